The van der Waals surface area contributed by atoms with Crippen molar-refractivity contribution in [3.8, 4) is 0 Å². The lowest BCUT2D eigenvalue weighted by molar-refractivity contribution is 0.249. The monoisotopic (exact) mass is 234 g/mol. The van der Waals surface area contributed by atoms with Crippen LogP contribution in [0, 0.1) is 5.92 Å². The highest BCUT2D eigenvalue weighted by Gasteiger charge is 2.13. The molecule has 2 amide bonds. The number of hydrogen-bond acceptors (Lipinski definition) is 3. The van der Waals surface area contributed by atoms with Gasteiger partial charge in [-0.2, -0.15) is 0 Å². The van der Waals surface area contributed by atoms with E-state index in [-0.39, 0.29) is 0 Å². The Morgan fingerprint density at radius 3 is 2.59 bits per heavy atom. The molecule has 0 saturated carbocycles. The first kappa shape index (κ1) is 13.2. The summed E-state index contributed by atoms with van der Waals surface area (Å²) in [6, 6.07) is 2.35. The Kier molecular flexibility index (Phi) is 5.13. The third kappa shape index (κ3) is 5.10. The predicted molar refractivity (Wildman–Crippen MR) is 65.3 cm³/mol. The number of carbonyl (C=O) groups is 1. The maximum atomic E-state index is 11.5. The third-order valence-corrected chi connectivity index (χ3v) is 2.09. The molecule has 0 aromatic carbocycles. The summed E-state index contributed by atoms with van der Waals surface area (Å²) < 4.78 is 0. The van der Waals surface area contributed by atoms with Gasteiger partial charge < -0.3 is 10.6 Å². The number of anilines is 1. The van der Waals surface area contributed by atoms with Gasteiger partial charge in [-0.1, -0.05) is 13.8 Å². The summed E-state index contributed by atoms with van der Waals surface area (Å²) in [6.07, 6.45) is 5.55. The zero-order valence-electron chi connectivity index (χ0n) is 9.93. The number of nitrogens with zero attached hydrogens (tertiary/aromatic N) is 1. The maximum absolute atomic E-state index is 11.5. The number of aromatic nitrogens is 1. The van der Waals surface area contributed by atoms with E-state index in [1.165, 1.54) is 0 Å². The fraction of sp³-hybridized carbons (Fsp3) is 0.417. The van der Waals surface area contributed by atoms with Crippen LogP contribution in [0.3, 0.4) is 0 Å². The molecule has 1 aromatic rings. The van der Waals surface area contributed by atoms with Crippen LogP contribution in [0.5, 0.6) is 0 Å². The minimum absolute atomic E-state index is 0.322. The van der Waals surface area contributed by atoms with Crippen molar-refractivity contribution in [2.45, 2.75) is 26.3 Å². The Morgan fingerprint density at radius 1 is 1.41 bits per heavy atom. The Hall–Kier alpha value is -1.91. The van der Waals surface area contributed by atoms with Gasteiger partial charge >= 0.3 is 6.03 Å². The molecule has 0 aliphatic rings. The van der Waals surface area contributed by atoms with E-state index < -0.39 is 12.1 Å². The van der Waals surface area contributed by atoms with Crippen LogP contribution in [0.15, 0.2) is 24.5 Å². The quantitative estimate of drug-likeness (QED) is 0.815. The number of amides is 2. The fourth-order valence-corrected chi connectivity index (χ4v) is 1.37. The second-order valence-corrected chi connectivity index (χ2v) is 4.13. The van der Waals surface area contributed by atoms with Crippen LogP contribution in [-0.2, 0) is 4.79 Å². The molecule has 17 heavy (non-hydrogen) atoms. The molecule has 0 aliphatic heterocycles. The highest BCUT2D eigenvalue weighted by atomic mass is 16.2. The molecule has 0 saturated heterocycles. The number of carbonyl (C=O) groups excluding carboxylic acids is 2. The minimum atomic E-state index is -0.572. The van der Waals surface area contributed by atoms with Gasteiger partial charge in [-0.15, -0.1) is 0 Å². The molecule has 1 aromatic heterocycles. The first-order valence-corrected chi connectivity index (χ1v) is 5.47. The predicted octanol–water partition coefficient (Wildman–Crippen LogP) is 1.73. The minimum Gasteiger partial charge on any atom is -0.328 e. The summed E-state index contributed by atoms with van der Waals surface area (Å²) in [5.41, 5.74) is 0.631. The summed E-state index contributed by atoms with van der Waals surface area (Å²) in [6.45, 7) is 3.96. The smallest absolute Gasteiger partial charge is 0.319 e. The van der Waals surface area contributed by atoms with Gasteiger partial charge in [-0.25, -0.2) is 4.79 Å². The Morgan fingerprint density at radius 2 is 2.06 bits per heavy atom. The van der Waals surface area contributed by atoms with E-state index >= 15 is 0 Å². The molecule has 0 bridgehead atoms. The maximum Gasteiger partial charge on any atom is 0.319 e. The molecule has 1 radical (unpaired) electrons. The first-order valence-electron chi connectivity index (χ1n) is 5.47. The van der Waals surface area contributed by atoms with E-state index in [4.69, 9.17) is 0 Å². The molecular formula is C12H16N3O2. The van der Waals surface area contributed by atoms with Gasteiger partial charge in [-0.05, 0) is 24.5 Å². The van der Waals surface area contributed by atoms with Crippen molar-refractivity contribution in [2.75, 3.05) is 5.32 Å². The van der Waals surface area contributed by atoms with Crippen molar-refractivity contribution in [1.29, 1.82) is 0 Å². The van der Waals surface area contributed by atoms with Crippen molar-refractivity contribution in [3.05, 3.63) is 24.5 Å². The first-order chi connectivity index (χ1) is 8.11. The second-order valence-electron chi connectivity index (χ2n) is 4.13. The summed E-state index contributed by atoms with van der Waals surface area (Å²) in [4.78, 5) is 26.0. The lowest BCUT2D eigenvalue weighted by Crippen LogP contribution is -2.39. The van der Waals surface area contributed by atoms with Gasteiger partial charge in [-0.3, -0.25) is 9.78 Å². The van der Waals surface area contributed by atoms with E-state index in [1.807, 2.05) is 20.1 Å². The number of hydrogen-bond donors (Lipinski definition) is 2. The molecule has 0 spiro atoms. The van der Waals surface area contributed by atoms with Gasteiger partial charge in [0.1, 0.15) is 0 Å². The number of urea groups is 1. The van der Waals surface area contributed by atoms with Crippen molar-refractivity contribution >= 4 is 18.0 Å². The number of pyridine rings is 1. The van der Waals surface area contributed by atoms with Crippen LogP contribution in [0.1, 0.15) is 20.3 Å². The molecule has 0 fully saturated rings. The van der Waals surface area contributed by atoms with Gasteiger partial charge in [0, 0.05) is 18.1 Å². The van der Waals surface area contributed by atoms with Gasteiger partial charge in [0.15, 0.2) is 0 Å². The van der Waals surface area contributed by atoms with E-state index in [2.05, 4.69) is 15.6 Å². The van der Waals surface area contributed by atoms with Crippen LogP contribution in [0.4, 0.5) is 10.5 Å². The van der Waals surface area contributed by atoms with E-state index in [0.29, 0.717) is 18.0 Å². The van der Waals surface area contributed by atoms with Crippen LogP contribution in [-0.4, -0.2) is 23.3 Å². The molecule has 1 rings (SSSR count). The lowest BCUT2D eigenvalue weighted by Gasteiger charge is -2.14. The molecular weight excluding hydrogens is 218 g/mol. The molecule has 0 unspecified atom stereocenters. The molecule has 5 nitrogen and oxygen atoms in total. The van der Waals surface area contributed by atoms with Crippen LogP contribution in [0.25, 0.3) is 0 Å². The van der Waals surface area contributed by atoms with Crippen molar-refractivity contribution in [3.63, 3.8) is 0 Å². The second kappa shape index (κ2) is 6.62. The number of nitrogens with one attached hydrogen (secondary N) is 2. The standard InChI is InChI=1S/C12H16N3O2/c1-9(2)7-11(8-16)15-12(17)14-10-3-5-13-6-4-10/h3-6,9,11H,7H2,1-2H3,(H2,13,14,15,17)/t11-/m0/s1. The van der Waals surface area contributed by atoms with Crippen molar-refractivity contribution < 1.29 is 9.59 Å². The third-order valence-electron chi connectivity index (χ3n) is 2.09. The topological polar surface area (TPSA) is 71.1 Å². The molecule has 1 atom stereocenters. The average Bonchev–Trinajstić information content (AvgIpc) is 2.28. The SMILES string of the molecule is CC(C)C[C@@H]([C]=O)NC(=O)Nc1ccncc1. The Labute approximate surface area is 101 Å². The summed E-state index contributed by atoms with van der Waals surface area (Å²) in [5.74, 6) is 0.322. The molecule has 2 N–H and O–H groups in total. The Balaban J connectivity index is 2.45. The lowest BCUT2D eigenvalue weighted by atomic mass is 10.1. The fourth-order valence-electron chi connectivity index (χ4n) is 1.37. The van der Waals surface area contributed by atoms with Crippen molar-refractivity contribution in [1.82, 2.24) is 10.3 Å². The van der Waals surface area contributed by atoms with Gasteiger partial charge in [0.05, 0.1) is 6.04 Å². The zero-order valence-corrected chi connectivity index (χ0v) is 9.93. The van der Waals surface area contributed by atoms with E-state index in [0.717, 1.165) is 0 Å². The van der Waals surface area contributed by atoms with Crippen molar-refractivity contribution in [2.24, 2.45) is 5.92 Å². The van der Waals surface area contributed by atoms with E-state index in [1.54, 1.807) is 24.5 Å². The molecule has 0 aliphatic carbocycles. The molecule has 1 heterocycles. The highest BCUT2D eigenvalue weighted by Crippen LogP contribution is 2.05. The average molecular weight is 234 g/mol. The van der Waals surface area contributed by atoms with Crippen LogP contribution >= 0.6 is 0 Å². The van der Waals surface area contributed by atoms with Gasteiger partial charge in [0.2, 0.25) is 6.29 Å². The highest BCUT2D eigenvalue weighted by molar-refractivity contribution is 5.90. The Bertz CT molecular complexity index is 365. The van der Waals surface area contributed by atoms with Crippen LogP contribution < -0.4 is 10.6 Å². The van der Waals surface area contributed by atoms with Crippen LogP contribution in [0.2, 0.25) is 0 Å². The summed E-state index contributed by atoms with van der Waals surface area (Å²) >= 11 is 0. The van der Waals surface area contributed by atoms with Gasteiger partial charge in [0.25, 0.3) is 0 Å². The molecule has 5 heteroatoms. The summed E-state index contributed by atoms with van der Waals surface area (Å²) in [5, 5.41) is 5.16. The summed E-state index contributed by atoms with van der Waals surface area (Å²) in [7, 11) is 0. The van der Waals surface area contributed by atoms with E-state index in [9.17, 15) is 9.59 Å². The normalized spacial score (nSPS) is 11.9. The molecule has 91 valence electrons. The zero-order chi connectivity index (χ0) is 12.7. The largest absolute Gasteiger partial charge is 0.328 e. The number of rotatable bonds is 5.